The smallest absolute Gasteiger partial charge is 0.338 e. The van der Waals surface area contributed by atoms with E-state index in [9.17, 15) is 4.79 Å². The highest BCUT2D eigenvalue weighted by Crippen LogP contribution is 2.33. The van der Waals surface area contributed by atoms with Gasteiger partial charge in [-0.05, 0) is 48.9 Å². The Kier molecular flexibility index (Phi) is 4.51. The normalized spacial score (nSPS) is 15.4. The minimum Gasteiger partial charge on any atom is -0.490 e. The van der Waals surface area contributed by atoms with E-state index in [-0.39, 0.29) is 12.7 Å². The van der Waals surface area contributed by atoms with Gasteiger partial charge in [-0.15, -0.1) is 0 Å². The largest absolute Gasteiger partial charge is 0.490 e. The minimum atomic E-state index is -0.403. The predicted molar refractivity (Wildman–Crippen MR) is 99.0 cm³/mol. The van der Waals surface area contributed by atoms with Gasteiger partial charge in [0.15, 0.2) is 5.76 Å². The molecule has 1 aliphatic heterocycles. The van der Waals surface area contributed by atoms with Crippen LogP contribution < -0.4 is 4.74 Å². The number of esters is 1. The zero-order valence-corrected chi connectivity index (χ0v) is 15.7. The van der Waals surface area contributed by atoms with Crippen LogP contribution in [0.1, 0.15) is 28.5 Å². The Labute approximate surface area is 159 Å². The lowest BCUT2D eigenvalue weighted by Crippen LogP contribution is -2.05. The van der Waals surface area contributed by atoms with E-state index in [4.69, 9.17) is 14.0 Å². The highest BCUT2D eigenvalue weighted by atomic mass is 79.9. The van der Waals surface area contributed by atoms with Crippen molar-refractivity contribution in [1.29, 1.82) is 0 Å². The monoisotopic (exact) mass is 413 g/mol. The van der Waals surface area contributed by atoms with Crippen molar-refractivity contribution in [2.75, 3.05) is 0 Å². The van der Waals surface area contributed by atoms with Crippen LogP contribution in [0.25, 0.3) is 11.3 Å². The molecule has 132 valence electrons. The number of fused-ring (bicyclic) bond motifs is 1. The summed E-state index contributed by atoms with van der Waals surface area (Å²) in [6, 6.07) is 14.8. The van der Waals surface area contributed by atoms with Gasteiger partial charge in [-0.25, -0.2) is 4.79 Å². The lowest BCUT2D eigenvalue weighted by Gasteiger charge is -2.02. The molecule has 2 aromatic carbocycles. The van der Waals surface area contributed by atoms with Crippen LogP contribution in [0, 0.1) is 0 Å². The molecule has 1 aromatic heterocycles. The van der Waals surface area contributed by atoms with Gasteiger partial charge < -0.3 is 14.0 Å². The van der Waals surface area contributed by atoms with E-state index in [2.05, 4.69) is 27.2 Å². The third-order valence-electron chi connectivity index (χ3n) is 4.15. The maximum Gasteiger partial charge on any atom is 0.338 e. The molecule has 26 heavy (non-hydrogen) atoms. The zero-order chi connectivity index (χ0) is 18.1. The van der Waals surface area contributed by atoms with Crippen molar-refractivity contribution in [3.05, 3.63) is 69.8 Å². The quantitative estimate of drug-likeness (QED) is 0.575. The first-order chi connectivity index (χ1) is 12.6. The zero-order valence-electron chi connectivity index (χ0n) is 14.1. The summed E-state index contributed by atoms with van der Waals surface area (Å²) in [7, 11) is 0. The average Bonchev–Trinajstić information content (AvgIpc) is 3.24. The molecule has 0 radical (unpaired) electrons. The molecule has 0 amide bonds. The fourth-order valence-corrected chi connectivity index (χ4v) is 3.33. The molecular formula is C20H16BrNO4. The molecule has 1 unspecified atom stereocenters. The van der Waals surface area contributed by atoms with Gasteiger partial charge in [0.1, 0.15) is 24.2 Å². The van der Waals surface area contributed by atoms with Gasteiger partial charge in [0.2, 0.25) is 0 Å². The Balaban J connectivity index is 1.44. The van der Waals surface area contributed by atoms with Gasteiger partial charge in [-0.2, -0.15) is 0 Å². The van der Waals surface area contributed by atoms with E-state index in [1.165, 1.54) is 0 Å². The Morgan fingerprint density at radius 3 is 3.00 bits per heavy atom. The Morgan fingerprint density at radius 2 is 2.15 bits per heavy atom. The van der Waals surface area contributed by atoms with E-state index in [1.807, 2.05) is 25.1 Å². The standard InChI is InChI=1S/C20H16BrNO4/c1-12-7-15-8-13(5-6-18(15)25-12)19-10-17(22-26-19)11-24-20(23)14-3-2-4-16(21)9-14/h2-6,8-10,12H,7,11H2,1H3. The lowest BCUT2D eigenvalue weighted by atomic mass is 10.1. The number of ether oxygens (including phenoxy) is 2. The van der Waals surface area contributed by atoms with E-state index in [0.29, 0.717) is 17.0 Å². The third-order valence-corrected chi connectivity index (χ3v) is 4.64. The fraction of sp³-hybridized carbons (Fsp3) is 0.200. The van der Waals surface area contributed by atoms with Crippen molar-refractivity contribution in [1.82, 2.24) is 5.16 Å². The SMILES string of the molecule is CC1Cc2cc(-c3cc(COC(=O)c4cccc(Br)c4)no3)ccc2O1. The maximum atomic E-state index is 12.1. The molecule has 0 fully saturated rings. The molecule has 0 N–H and O–H groups in total. The van der Waals surface area contributed by atoms with Gasteiger partial charge in [0.25, 0.3) is 0 Å². The fourth-order valence-electron chi connectivity index (χ4n) is 2.93. The summed E-state index contributed by atoms with van der Waals surface area (Å²) in [6.07, 6.45) is 1.08. The molecular weight excluding hydrogens is 398 g/mol. The van der Waals surface area contributed by atoms with Crippen LogP contribution in [-0.2, 0) is 17.8 Å². The van der Waals surface area contributed by atoms with Crippen molar-refractivity contribution in [2.45, 2.75) is 26.1 Å². The highest BCUT2D eigenvalue weighted by molar-refractivity contribution is 9.10. The first-order valence-corrected chi connectivity index (χ1v) is 9.06. The van der Waals surface area contributed by atoms with Crippen LogP contribution in [0.5, 0.6) is 5.75 Å². The minimum absolute atomic E-state index is 0.0555. The molecule has 5 nitrogen and oxygen atoms in total. The third kappa shape index (κ3) is 3.51. The number of benzene rings is 2. The molecule has 4 rings (SSSR count). The van der Waals surface area contributed by atoms with E-state index >= 15 is 0 Å². The second-order valence-electron chi connectivity index (χ2n) is 6.22. The van der Waals surface area contributed by atoms with E-state index in [1.54, 1.807) is 24.3 Å². The lowest BCUT2D eigenvalue weighted by molar-refractivity contribution is 0.0464. The maximum absolute atomic E-state index is 12.1. The van der Waals surface area contributed by atoms with Crippen molar-refractivity contribution >= 4 is 21.9 Å². The van der Waals surface area contributed by atoms with Crippen molar-refractivity contribution in [3.63, 3.8) is 0 Å². The summed E-state index contributed by atoms with van der Waals surface area (Å²) in [5, 5.41) is 3.99. The topological polar surface area (TPSA) is 61.6 Å². The number of hydrogen-bond donors (Lipinski definition) is 0. The van der Waals surface area contributed by atoms with Gasteiger partial charge >= 0.3 is 5.97 Å². The molecule has 2 heterocycles. The summed E-state index contributed by atoms with van der Waals surface area (Å²) >= 11 is 3.34. The van der Waals surface area contributed by atoms with E-state index in [0.717, 1.165) is 27.8 Å². The van der Waals surface area contributed by atoms with Crippen molar-refractivity contribution in [2.24, 2.45) is 0 Å². The molecule has 1 aliphatic rings. The van der Waals surface area contributed by atoms with Crippen LogP contribution in [0.15, 0.2) is 57.5 Å². The summed E-state index contributed by atoms with van der Waals surface area (Å²) in [6.45, 7) is 2.10. The summed E-state index contributed by atoms with van der Waals surface area (Å²) in [5.74, 6) is 1.16. The van der Waals surface area contributed by atoms with Crippen molar-refractivity contribution < 1.29 is 18.8 Å². The second-order valence-corrected chi connectivity index (χ2v) is 7.14. The number of hydrogen-bond acceptors (Lipinski definition) is 5. The molecule has 0 saturated carbocycles. The highest BCUT2D eigenvalue weighted by Gasteiger charge is 2.20. The first kappa shape index (κ1) is 16.8. The number of nitrogens with zero attached hydrogens (tertiary/aromatic N) is 1. The number of carbonyl (C=O) groups is 1. The molecule has 0 aliphatic carbocycles. The van der Waals surface area contributed by atoms with Gasteiger partial charge in [0.05, 0.1) is 5.56 Å². The van der Waals surface area contributed by atoms with Crippen LogP contribution in [-0.4, -0.2) is 17.2 Å². The summed E-state index contributed by atoms with van der Waals surface area (Å²) < 4.78 is 17.2. The van der Waals surface area contributed by atoms with Crippen molar-refractivity contribution in [3.8, 4) is 17.1 Å². The molecule has 3 aromatic rings. The van der Waals surface area contributed by atoms with Crippen LogP contribution in [0.2, 0.25) is 0 Å². The number of halogens is 1. The predicted octanol–water partition coefficient (Wildman–Crippen LogP) is 4.78. The molecule has 6 heteroatoms. The molecule has 0 spiro atoms. The van der Waals surface area contributed by atoms with Crippen LogP contribution in [0.4, 0.5) is 0 Å². The van der Waals surface area contributed by atoms with Gasteiger partial charge in [0, 0.05) is 22.5 Å². The Bertz CT molecular complexity index is 966. The average molecular weight is 414 g/mol. The molecule has 0 saturated heterocycles. The number of carbonyl (C=O) groups excluding carboxylic acids is 1. The second kappa shape index (κ2) is 6.96. The summed E-state index contributed by atoms with van der Waals surface area (Å²) in [4.78, 5) is 12.1. The summed E-state index contributed by atoms with van der Waals surface area (Å²) in [5.41, 5.74) is 3.14. The number of rotatable bonds is 4. The first-order valence-electron chi connectivity index (χ1n) is 8.27. The Hall–Kier alpha value is -2.60. The number of aromatic nitrogens is 1. The van der Waals surface area contributed by atoms with Gasteiger partial charge in [-0.3, -0.25) is 0 Å². The van der Waals surface area contributed by atoms with E-state index < -0.39 is 5.97 Å². The van der Waals surface area contributed by atoms with Crippen LogP contribution >= 0.6 is 15.9 Å². The van der Waals surface area contributed by atoms with Crippen LogP contribution in [0.3, 0.4) is 0 Å². The van der Waals surface area contributed by atoms with Gasteiger partial charge in [-0.1, -0.05) is 27.2 Å². The molecule has 1 atom stereocenters. The Morgan fingerprint density at radius 1 is 1.27 bits per heavy atom. The molecule has 0 bridgehead atoms.